The number of piperidine rings is 1. The van der Waals surface area contributed by atoms with Crippen molar-refractivity contribution in [2.45, 2.75) is 39.5 Å². The van der Waals surface area contributed by atoms with E-state index in [1.165, 1.54) is 31.7 Å². The van der Waals surface area contributed by atoms with E-state index in [4.69, 9.17) is 10.5 Å². The Balaban J connectivity index is 2.11. The van der Waals surface area contributed by atoms with Crippen LogP contribution in [0, 0.1) is 11.7 Å². The second-order valence-corrected chi connectivity index (χ2v) is 5.49. The molecule has 0 atom stereocenters. The first-order valence-corrected chi connectivity index (χ1v) is 7.62. The van der Waals surface area contributed by atoms with E-state index >= 15 is 0 Å². The van der Waals surface area contributed by atoms with Gasteiger partial charge in [-0.1, -0.05) is 19.8 Å². The summed E-state index contributed by atoms with van der Waals surface area (Å²) < 4.78 is 19.0. The van der Waals surface area contributed by atoms with Crippen LogP contribution >= 0.6 is 0 Å². The smallest absolute Gasteiger partial charge is 0.167 e. The van der Waals surface area contributed by atoms with Gasteiger partial charge in [-0.2, -0.15) is 0 Å². The van der Waals surface area contributed by atoms with E-state index < -0.39 is 0 Å². The van der Waals surface area contributed by atoms with Gasteiger partial charge in [0, 0.05) is 25.2 Å². The average molecular weight is 280 g/mol. The van der Waals surface area contributed by atoms with E-state index in [2.05, 4.69) is 11.8 Å². The Bertz CT molecular complexity index is 442. The molecule has 112 valence electrons. The average Bonchev–Trinajstić information content (AvgIpc) is 2.43. The van der Waals surface area contributed by atoms with Crippen molar-refractivity contribution in [1.82, 2.24) is 0 Å². The maximum atomic E-state index is 13.7. The van der Waals surface area contributed by atoms with Crippen LogP contribution in [0.15, 0.2) is 12.1 Å². The molecule has 20 heavy (non-hydrogen) atoms. The predicted octanol–water partition coefficient (Wildman–Crippen LogP) is 3.82. The lowest BCUT2D eigenvalue weighted by Crippen LogP contribution is -2.34. The zero-order valence-electron chi connectivity index (χ0n) is 12.5. The van der Waals surface area contributed by atoms with E-state index in [-0.39, 0.29) is 5.82 Å². The highest BCUT2D eigenvalue weighted by atomic mass is 19.1. The molecule has 1 fully saturated rings. The van der Waals surface area contributed by atoms with Crippen LogP contribution in [0.4, 0.5) is 15.8 Å². The van der Waals surface area contributed by atoms with Crippen LogP contribution in [-0.4, -0.2) is 19.7 Å². The molecule has 0 spiro atoms. The van der Waals surface area contributed by atoms with E-state index in [9.17, 15) is 4.39 Å². The number of anilines is 2. The third-order valence-corrected chi connectivity index (χ3v) is 4.03. The topological polar surface area (TPSA) is 38.5 Å². The van der Waals surface area contributed by atoms with Gasteiger partial charge in [0.25, 0.3) is 0 Å². The highest BCUT2D eigenvalue weighted by Gasteiger charge is 2.21. The van der Waals surface area contributed by atoms with Gasteiger partial charge in [-0.3, -0.25) is 0 Å². The molecule has 0 bridgehead atoms. The number of hydrogen-bond acceptors (Lipinski definition) is 3. The Morgan fingerprint density at radius 3 is 2.60 bits per heavy atom. The number of benzene rings is 1. The van der Waals surface area contributed by atoms with Crippen molar-refractivity contribution in [2.75, 3.05) is 30.3 Å². The minimum Gasteiger partial charge on any atom is -0.491 e. The van der Waals surface area contributed by atoms with Gasteiger partial charge in [0.2, 0.25) is 0 Å². The molecule has 0 radical (unpaired) electrons. The van der Waals surface area contributed by atoms with Gasteiger partial charge in [-0.05, 0) is 25.7 Å². The van der Waals surface area contributed by atoms with Crippen LogP contribution in [0.3, 0.4) is 0 Å². The lowest BCUT2D eigenvalue weighted by atomic mass is 9.92. The maximum absolute atomic E-state index is 13.7. The van der Waals surface area contributed by atoms with Crippen molar-refractivity contribution in [3.8, 4) is 5.75 Å². The number of rotatable bonds is 5. The first kappa shape index (κ1) is 14.9. The number of ether oxygens (including phenoxy) is 1. The molecule has 1 aromatic carbocycles. The number of nitrogens with two attached hydrogens (primary N) is 1. The molecule has 2 N–H and O–H groups in total. The Morgan fingerprint density at radius 2 is 2.00 bits per heavy atom. The molecule has 0 saturated carbocycles. The Kier molecular flexibility index (Phi) is 5.10. The lowest BCUT2D eigenvalue weighted by Gasteiger charge is -2.34. The molecule has 4 heteroatoms. The minimum atomic E-state index is -0.381. The fourth-order valence-electron chi connectivity index (χ4n) is 2.97. The molecule has 3 nitrogen and oxygen atoms in total. The van der Waals surface area contributed by atoms with Crippen LogP contribution in [0.1, 0.15) is 39.5 Å². The monoisotopic (exact) mass is 280 g/mol. The molecule has 1 heterocycles. The summed E-state index contributed by atoms with van der Waals surface area (Å²) >= 11 is 0. The Labute approximate surface area is 120 Å². The molecule has 0 unspecified atom stereocenters. The maximum Gasteiger partial charge on any atom is 0.167 e. The first-order chi connectivity index (χ1) is 9.65. The Morgan fingerprint density at radius 1 is 1.30 bits per heavy atom. The molecule has 2 rings (SSSR count). The summed E-state index contributed by atoms with van der Waals surface area (Å²) in [5, 5.41) is 0. The van der Waals surface area contributed by atoms with Crippen LogP contribution in [-0.2, 0) is 0 Å². The number of nitrogen functional groups attached to an aromatic ring is 1. The molecular weight excluding hydrogens is 255 g/mol. The first-order valence-electron chi connectivity index (χ1n) is 7.62. The zero-order valence-corrected chi connectivity index (χ0v) is 12.5. The van der Waals surface area contributed by atoms with Gasteiger partial charge in [0.1, 0.15) is 0 Å². The molecule has 1 aliphatic heterocycles. The standard InChI is InChI=1S/C16H25FN2O/c1-3-5-12-6-8-19(9-7-12)15-11-16(20-4-2)13(17)10-14(15)18/h10-12H,3-9,18H2,1-2H3. The molecule has 1 aliphatic rings. The van der Waals surface area contributed by atoms with Crippen molar-refractivity contribution in [3.63, 3.8) is 0 Å². The summed E-state index contributed by atoms with van der Waals surface area (Å²) in [6.07, 6.45) is 4.93. The molecule has 0 amide bonds. The van der Waals surface area contributed by atoms with Gasteiger partial charge < -0.3 is 15.4 Å². The van der Waals surface area contributed by atoms with E-state index in [0.29, 0.717) is 18.0 Å². The molecule has 0 aliphatic carbocycles. The van der Waals surface area contributed by atoms with Crippen LogP contribution in [0.2, 0.25) is 0 Å². The third-order valence-electron chi connectivity index (χ3n) is 4.03. The van der Waals surface area contributed by atoms with Crippen LogP contribution in [0.25, 0.3) is 0 Å². The van der Waals surface area contributed by atoms with Gasteiger partial charge in [0.15, 0.2) is 11.6 Å². The minimum absolute atomic E-state index is 0.299. The van der Waals surface area contributed by atoms with E-state index in [0.717, 1.165) is 24.7 Å². The fourth-order valence-corrected chi connectivity index (χ4v) is 2.97. The van der Waals surface area contributed by atoms with Crippen molar-refractivity contribution in [2.24, 2.45) is 5.92 Å². The van der Waals surface area contributed by atoms with Crippen LogP contribution in [0.5, 0.6) is 5.75 Å². The quantitative estimate of drug-likeness (QED) is 0.833. The van der Waals surface area contributed by atoms with Gasteiger partial charge in [-0.15, -0.1) is 0 Å². The van der Waals surface area contributed by atoms with Gasteiger partial charge >= 0.3 is 0 Å². The van der Waals surface area contributed by atoms with Crippen LogP contribution < -0.4 is 15.4 Å². The third kappa shape index (κ3) is 3.35. The molecular formula is C16H25FN2O. The number of nitrogens with zero attached hydrogens (tertiary/aromatic N) is 1. The number of halogens is 1. The SMILES string of the molecule is CCCC1CCN(c2cc(OCC)c(F)cc2N)CC1. The van der Waals surface area contributed by atoms with Crippen molar-refractivity contribution < 1.29 is 9.13 Å². The fraction of sp³-hybridized carbons (Fsp3) is 0.625. The highest BCUT2D eigenvalue weighted by Crippen LogP contribution is 2.34. The summed E-state index contributed by atoms with van der Waals surface area (Å²) in [7, 11) is 0. The van der Waals surface area contributed by atoms with E-state index in [1.807, 2.05) is 6.92 Å². The molecule has 0 aromatic heterocycles. The van der Waals surface area contributed by atoms with Crippen molar-refractivity contribution >= 4 is 11.4 Å². The number of hydrogen-bond donors (Lipinski definition) is 1. The van der Waals surface area contributed by atoms with Crippen molar-refractivity contribution in [1.29, 1.82) is 0 Å². The summed E-state index contributed by atoms with van der Waals surface area (Å²) in [4.78, 5) is 2.25. The predicted molar refractivity (Wildman–Crippen MR) is 81.8 cm³/mol. The summed E-state index contributed by atoms with van der Waals surface area (Å²) in [5.74, 6) is 0.741. The van der Waals surface area contributed by atoms with Crippen molar-refractivity contribution in [3.05, 3.63) is 17.9 Å². The van der Waals surface area contributed by atoms with E-state index in [1.54, 1.807) is 6.07 Å². The second kappa shape index (κ2) is 6.82. The van der Waals surface area contributed by atoms with Gasteiger partial charge in [0.05, 0.1) is 18.0 Å². The second-order valence-electron chi connectivity index (χ2n) is 5.49. The zero-order chi connectivity index (χ0) is 14.5. The summed E-state index contributed by atoms with van der Waals surface area (Å²) in [6.45, 7) is 6.53. The lowest BCUT2D eigenvalue weighted by molar-refractivity contribution is 0.321. The highest BCUT2D eigenvalue weighted by molar-refractivity contribution is 5.70. The summed E-state index contributed by atoms with van der Waals surface area (Å²) in [5.41, 5.74) is 7.38. The molecule has 1 aromatic rings. The normalized spacial score (nSPS) is 16.4. The Hall–Kier alpha value is -1.45. The largest absolute Gasteiger partial charge is 0.491 e. The molecule has 1 saturated heterocycles. The van der Waals surface area contributed by atoms with Gasteiger partial charge in [-0.25, -0.2) is 4.39 Å². The summed E-state index contributed by atoms with van der Waals surface area (Å²) in [6, 6.07) is 3.12.